The highest BCUT2D eigenvalue weighted by Crippen LogP contribution is 2.20. The minimum Gasteiger partial charge on any atom is -0.298 e. The molecule has 0 unspecified atom stereocenters. The van der Waals surface area contributed by atoms with Crippen molar-refractivity contribution in [2.24, 2.45) is 0 Å². The number of hydrogen-bond donors (Lipinski definition) is 0. The van der Waals surface area contributed by atoms with Crippen LogP contribution in [0.15, 0.2) is 24.3 Å². The lowest BCUT2D eigenvalue weighted by atomic mass is 10.0. The molecule has 0 aromatic heterocycles. The van der Waals surface area contributed by atoms with Crippen LogP contribution in [0.3, 0.4) is 0 Å². The van der Waals surface area contributed by atoms with Crippen molar-refractivity contribution in [3.8, 4) is 0 Å². The van der Waals surface area contributed by atoms with Gasteiger partial charge in [-0.1, -0.05) is 30.7 Å². The Bertz CT molecular complexity index is 362. The number of carbonyl (C=O) groups is 1. The molecule has 1 aliphatic heterocycles. The fraction of sp³-hybridized carbons (Fsp3) is 0.500. The Balaban J connectivity index is 2.10. The van der Waals surface area contributed by atoms with Crippen LogP contribution in [-0.4, -0.2) is 23.8 Å². The van der Waals surface area contributed by atoms with Gasteiger partial charge in [-0.25, -0.2) is 0 Å². The van der Waals surface area contributed by atoms with Crippen LogP contribution in [0.4, 0.5) is 0 Å². The molecular weight excluding hydrogens is 198 g/mol. The molecule has 2 nitrogen and oxygen atoms in total. The number of benzene rings is 1. The molecule has 0 amide bonds. The van der Waals surface area contributed by atoms with E-state index < -0.39 is 0 Å². The molecule has 2 rings (SSSR count). The first-order valence-electron chi connectivity index (χ1n) is 6.08. The Hall–Kier alpha value is -1.15. The fourth-order valence-electron chi connectivity index (χ4n) is 2.40. The average Bonchev–Trinajstić information content (AvgIpc) is 2.33. The lowest BCUT2D eigenvalue weighted by Crippen LogP contribution is -2.36. The number of likely N-dealkylation sites (tertiary alicyclic amines) is 1. The van der Waals surface area contributed by atoms with Gasteiger partial charge in [0.15, 0.2) is 0 Å². The van der Waals surface area contributed by atoms with Crippen molar-refractivity contribution in [2.45, 2.75) is 38.8 Å². The van der Waals surface area contributed by atoms with Crippen LogP contribution in [0.2, 0.25) is 0 Å². The van der Waals surface area contributed by atoms with Gasteiger partial charge in [0, 0.05) is 18.2 Å². The van der Waals surface area contributed by atoms with E-state index in [1.807, 2.05) is 18.2 Å². The largest absolute Gasteiger partial charge is 0.298 e. The van der Waals surface area contributed by atoms with E-state index in [2.05, 4.69) is 17.9 Å². The third kappa shape index (κ3) is 2.50. The van der Waals surface area contributed by atoms with Crippen LogP contribution in [0, 0.1) is 0 Å². The van der Waals surface area contributed by atoms with Crippen LogP contribution in [0.25, 0.3) is 0 Å². The smallest absolute Gasteiger partial charge is 0.150 e. The van der Waals surface area contributed by atoms with Crippen LogP contribution in [0.1, 0.15) is 42.1 Å². The number of hydrogen-bond acceptors (Lipinski definition) is 2. The molecule has 16 heavy (non-hydrogen) atoms. The van der Waals surface area contributed by atoms with E-state index in [0.717, 1.165) is 30.5 Å². The van der Waals surface area contributed by atoms with E-state index in [0.29, 0.717) is 6.04 Å². The van der Waals surface area contributed by atoms with Gasteiger partial charge in [0.05, 0.1) is 0 Å². The maximum Gasteiger partial charge on any atom is 0.150 e. The summed E-state index contributed by atoms with van der Waals surface area (Å²) in [5.74, 6) is 0. The zero-order valence-electron chi connectivity index (χ0n) is 9.86. The van der Waals surface area contributed by atoms with Crippen molar-refractivity contribution in [1.29, 1.82) is 0 Å². The molecule has 1 fully saturated rings. The predicted octanol–water partition coefficient (Wildman–Crippen LogP) is 2.87. The third-order valence-electron chi connectivity index (χ3n) is 3.50. The van der Waals surface area contributed by atoms with Gasteiger partial charge in [-0.05, 0) is 31.9 Å². The van der Waals surface area contributed by atoms with Gasteiger partial charge in [0.1, 0.15) is 6.29 Å². The molecule has 0 spiro atoms. The maximum absolute atomic E-state index is 10.9. The van der Waals surface area contributed by atoms with E-state index in [-0.39, 0.29) is 0 Å². The zero-order chi connectivity index (χ0) is 11.4. The van der Waals surface area contributed by atoms with Crippen LogP contribution in [0.5, 0.6) is 0 Å². The number of carbonyl (C=O) groups excluding carboxylic acids is 1. The molecule has 0 saturated carbocycles. The van der Waals surface area contributed by atoms with Gasteiger partial charge >= 0.3 is 0 Å². The van der Waals surface area contributed by atoms with Crippen molar-refractivity contribution >= 4 is 6.29 Å². The number of piperidine rings is 1. The lowest BCUT2D eigenvalue weighted by molar-refractivity contribution is 0.111. The molecule has 0 aliphatic carbocycles. The summed E-state index contributed by atoms with van der Waals surface area (Å²) in [7, 11) is 0. The molecule has 0 N–H and O–H groups in total. The molecule has 86 valence electrons. The SMILES string of the molecule is C[C@H]1CCCCN1Cc1ccccc1C=O. The Kier molecular flexibility index (Phi) is 3.73. The van der Waals surface area contributed by atoms with Gasteiger partial charge in [-0.15, -0.1) is 0 Å². The first-order valence-corrected chi connectivity index (χ1v) is 6.08. The summed E-state index contributed by atoms with van der Waals surface area (Å²) in [6.07, 6.45) is 4.87. The molecule has 1 atom stereocenters. The highest BCUT2D eigenvalue weighted by molar-refractivity contribution is 5.77. The summed E-state index contributed by atoms with van der Waals surface area (Å²) >= 11 is 0. The van der Waals surface area contributed by atoms with Gasteiger partial charge < -0.3 is 0 Å². The molecule has 1 aromatic rings. The minimum atomic E-state index is 0.647. The molecule has 2 heteroatoms. The van der Waals surface area contributed by atoms with Gasteiger partial charge in [0.25, 0.3) is 0 Å². The van der Waals surface area contributed by atoms with Crippen LogP contribution >= 0.6 is 0 Å². The summed E-state index contributed by atoms with van der Waals surface area (Å²) in [4.78, 5) is 13.4. The van der Waals surface area contributed by atoms with E-state index in [9.17, 15) is 4.79 Å². The lowest BCUT2D eigenvalue weighted by Gasteiger charge is -2.33. The first-order chi connectivity index (χ1) is 7.81. The van der Waals surface area contributed by atoms with Crippen molar-refractivity contribution in [3.05, 3.63) is 35.4 Å². The van der Waals surface area contributed by atoms with Crippen LogP contribution < -0.4 is 0 Å². The van der Waals surface area contributed by atoms with Gasteiger partial charge in [-0.3, -0.25) is 9.69 Å². The van der Waals surface area contributed by atoms with E-state index in [1.165, 1.54) is 19.3 Å². The van der Waals surface area contributed by atoms with E-state index >= 15 is 0 Å². The summed E-state index contributed by atoms with van der Waals surface area (Å²) in [6, 6.07) is 8.54. The molecule has 1 saturated heterocycles. The topological polar surface area (TPSA) is 20.3 Å². The summed E-state index contributed by atoms with van der Waals surface area (Å²) in [5.41, 5.74) is 1.99. The highest BCUT2D eigenvalue weighted by Gasteiger charge is 2.18. The highest BCUT2D eigenvalue weighted by atomic mass is 16.1. The van der Waals surface area contributed by atoms with Crippen molar-refractivity contribution in [1.82, 2.24) is 4.90 Å². The molecule has 1 aliphatic rings. The Morgan fingerprint density at radius 2 is 2.19 bits per heavy atom. The first kappa shape index (κ1) is 11.3. The van der Waals surface area contributed by atoms with Crippen molar-refractivity contribution in [3.63, 3.8) is 0 Å². The second-order valence-electron chi connectivity index (χ2n) is 4.63. The van der Waals surface area contributed by atoms with Crippen LogP contribution in [-0.2, 0) is 6.54 Å². The summed E-state index contributed by atoms with van der Waals surface area (Å²) in [5, 5.41) is 0. The van der Waals surface area contributed by atoms with Crippen molar-refractivity contribution < 1.29 is 4.79 Å². The predicted molar refractivity (Wildman–Crippen MR) is 65.6 cm³/mol. The number of aldehydes is 1. The molecule has 1 heterocycles. The Labute approximate surface area is 97.3 Å². The second kappa shape index (κ2) is 5.26. The maximum atomic E-state index is 10.9. The van der Waals surface area contributed by atoms with Gasteiger partial charge in [-0.2, -0.15) is 0 Å². The number of rotatable bonds is 3. The zero-order valence-corrected chi connectivity index (χ0v) is 9.86. The quantitative estimate of drug-likeness (QED) is 0.726. The van der Waals surface area contributed by atoms with E-state index in [4.69, 9.17) is 0 Å². The molecular formula is C14H19NO. The van der Waals surface area contributed by atoms with Crippen molar-refractivity contribution in [2.75, 3.05) is 6.54 Å². The second-order valence-corrected chi connectivity index (χ2v) is 4.63. The number of nitrogens with zero attached hydrogens (tertiary/aromatic N) is 1. The minimum absolute atomic E-state index is 0.647. The Morgan fingerprint density at radius 3 is 2.94 bits per heavy atom. The monoisotopic (exact) mass is 217 g/mol. The van der Waals surface area contributed by atoms with Gasteiger partial charge in [0.2, 0.25) is 0 Å². The normalized spacial score (nSPS) is 21.9. The average molecular weight is 217 g/mol. The molecule has 0 bridgehead atoms. The third-order valence-corrected chi connectivity index (χ3v) is 3.50. The molecule has 1 aromatic carbocycles. The summed E-state index contributed by atoms with van der Waals surface area (Å²) in [6.45, 7) is 4.35. The van der Waals surface area contributed by atoms with E-state index in [1.54, 1.807) is 0 Å². The molecule has 0 radical (unpaired) electrons. The fourth-order valence-corrected chi connectivity index (χ4v) is 2.40. The summed E-state index contributed by atoms with van der Waals surface area (Å²) < 4.78 is 0. The Morgan fingerprint density at radius 1 is 1.38 bits per heavy atom. The standard InChI is InChI=1S/C14H19NO/c1-12-6-4-5-9-15(12)10-13-7-2-3-8-14(13)11-16/h2-3,7-8,11-12H,4-6,9-10H2,1H3/t12-/m0/s1.